The van der Waals surface area contributed by atoms with Crippen LogP contribution in [0.15, 0.2) is 47.9 Å². The molecule has 0 radical (unpaired) electrons. The van der Waals surface area contributed by atoms with Crippen LogP contribution in [0.3, 0.4) is 0 Å². The van der Waals surface area contributed by atoms with Crippen molar-refractivity contribution in [3.63, 3.8) is 0 Å². The van der Waals surface area contributed by atoms with Crippen LogP contribution in [0.25, 0.3) is 10.9 Å². The van der Waals surface area contributed by atoms with E-state index in [1.165, 1.54) is 7.11 Å². The number of aromatic nitrogens is 2. The number of rotatable bonds is 3. The van der Waals surface area contributed by atoms with Gasteiger partial charge < -0.3 is 20.5 Å². The maximum Gasteiger partial charge on any atom is 0.255 e. The SMILES string of the molecule is CO/N=C1/NCC(C)c2c1[nH]c1ccc(C(=O)Nc3cccnc3)cc21. The van der Waals surface area contributed by atoms with Crippen molar-refractivity contribution >= 4 is 28.3 Å². The van der Waals surface area contributed by atoms with Crippen LogP contribution in [0.2, 0.25) is 0 Å². The lowest BCUT2D eigenvalue weighted by Crippen LogP contribution is -2.34. The molecule has 3 N–H and O–H groups in total. The Balaban J connectivity index is 1.74. The van der Waals surface area contributed by atoms with Gasteiger partial charge in [0, 0.05) is 35.1 Å². The van der Waals surface area contributed by atoms with Gasteiger partial charge in [0.1, 0.15) is 7.11 Å². The number of oxime groups is 1. The summed E-state index contributed by atoms with van der Waals surface area (Å²) >= 11 is 0. The average molecular weight is 349 g/mol. The first-order valence-electron chi connectivity index (χ1n) is 8.39. The fourth-order valence-corrected chi connectivity index (χ4v) is 3.30. The van der Waals surface area contributed by atoms with E-state index in [2.05, 4.69) is 32.7 Å². The molecule has 7 heteroatoms. The highest BCUT2D eigenvalue weighted by Gasteiger charge is 2.26. The van der Waals surface area contributed by atoms with Crippen LogP contribution < -0.4 is 10.6 Å². The Hall–Kier alpha value is -3.35. The maximum atomic E-state index is 12.6. The molecule has 1 unspecified atom stereocenters. The maximum absolute atomic E-state index is 12.6. The van der Waals surface area contributed by atoms with Gasteiger partial charge in [0.15, 0.2) is 5.84 Å². The lowest BCUT2D eigenvalue weighted by molar-refractivity contribution is 0.102. The van der Waals surface area contributed by atoms with Crippen molar-refractivity contribution in [2.75, 3.05) is 19.0 Å². The van der Waals surface area contributed by atoms with E-state index in [0.717, 1.165) is 28.7 Å². The summed E-state index contributed by atoms with van der Waals surface area (Å²) in [5, 5.41) is 11.2. The predicted molar refractivity (Wildman–Crippen MR) is 100 cm³/mol. The number of anilines is 1. The first kappa shape index (κ1) is 16.1. The van der Waals surface area contributed by atoms with Crippen LogP contribution in [-0.2, 0) is 4.84 Å². The van der Waals surface area contributed by atoms with E-state index >= 15 is 0 Å². The smallest absolute Gasteiger partial charge is 0.255 e. The van der Waals surface area contributed by atoms with Gasteiger partial charge in [0.25, 0.3) is 5.91 Å². The number of amides is 1. The molecule has 1 aromatic carbocycles. The lowest BCUT2D eigenvalue weighted by Gasteiger charge is -2.22. The minimum Gasteiger partial charge on any atom is -0.397 e. The van der Waals surface area contributed by atoms with E-state index in [1.54, 1.807) is 24.5 Å². The van der Waals surface area contributed by atoms with E-state index in [1.807, 2.05) is 18.2 Å². The minimum atomic E-state index is -0.165. The summed E-state index contributed by atoms with van der Waals surface area (Å²) in [4.78, 5) is 24.9. The van der Waals surface area contributed by atoms with Crippen LogP contribution in [0.5, 0.6) is 0 Å². The van der Waals surface area contributed by atoms with E-state index in [0.29, 0.717) is 17.1 Å². The summed E-state index contributed by atoms with van der Waals surface area (Å²) in [6.07, 6.45) is 3.29. The van der Waals surface area contributed by atoms with Crippen molar-refractivity contribution in [3.8, 4) is 0 Å². The molecule has 132 valence electrons. The number of benzene rings is 1. The molecule has 1 aliphatic heterocycles. The van der Waals surface area contributed by atoms with Crippen LogP contribution in [-0.4, -0.2) is 35.4 Å². The van der Waals surface area contributed by atoms with Crippen molar-refractivity contribution in [3.05, 3.63) is 59.5 Å². The molecule has 1 amide bonds. The molecular formula is C19H19N5O2. The lowest BCUT2D eigenvalue weighted by atomic mass is 9.93. The van der Waals surface area contributed by atoms with Gasteiger partial charge in [-0.3, -0.25) is 9.78 Å². The van der Waals surface area contributed by atoms with Crippen LogP contribution in [0.4, 0.5) is 5.69 Å². The van der Waals surface area contributed by atoms with Gasteiger partial charge in [-0.15, -0.1) is 0 Å². The number of pyridine rings is 1. The fraction of sp³-hybridized carbons (Fsp3) is 0.211. The molecule has 1 atom stereocenters. The van der Waals surface area contributed by atoms with Gasteiger partial charge >= 0.3 is 0 Å². The number of hydrogen-bond donors (Lipinski definition) is 3. The third-order valence-electron chi connectivity index (χ3n) is 4.51. The molecule has 3 aromatic rings. The van der Waals surface area contributed by atoms with E-state index in [4.69, 9.17) is 4.84 Å². The van der Waals surface area contributed by atoms with Crippen molar-refractivity contribution in [2.24, 2.45) is 5.16 Å². The third-order valence-corrected chi connectivity index (χ3v) is 4.51. The Morgan fingerprint density at radius 2 is 2.27 bits per heavy atom. The van der Waals surface area contributed by atoms with Crippen LogP contribution in [0.1, 0.15) is 34.5 Å². The highest BCUT2D eigenvalue weighted by molar-refractivity contribution is 6.09. The molecule has 7 nitrogen and oxygen atoms in total. The number of aromatic amines is 1. The van der Waals surface area contributed by atoms with Gasteiger partial charge in [0.2, 0.25) is 0 Å². The number of amidine groups is 1. The Bertz CT molecular complexity index is 994. The van der Waals surface area contributed by atoms with Gasteiger partial charge in [-0.25, -0.2) is 0 Å². The number of carbonyl (C=O) groups is 1. The normalized spacial score (nSPS) is 17.6. The first-order chi connectivity index (χ1) is 12.7. The summed E-state index contributed by atoms with van der Waals surface area (Å²) in [7, 11) is 1.52. The van der Waals surface area contributed by atoms with Crippen molar-refractivity contribution < 1.29 is 9.63 Å². The summed E-state index contributed by atoms with van der Waals surface area (Å²) in [5.41, 5.74) is 4.28. The molecule has 3 heterocycles. The molecule has 0 spiro atoms. The van der Waals surface area contributed by atoms with Crippen molar-refractivity contribution in [1.82, 2.24) is 15.3 Å². The molecule has 1 aliphatic rings. The van der Waals surface area contributed by atoms with Gasteiger partial charge in [0.05, 0.1) is 17.6 Å². The van der Waals surface area contributed by atoms with E-state index in [9.17, 15) is 4.79 Å². The van der Waals surface area contributed by atoms with Gasteiger partial charge in [-0.1, -0.05) is 12.1 Å². The zero-order chi connectivity index (χ0) is 18.1. The predicted octanol–water partition coefficient (Wildman–Crippen LogP) is 2.83. The monoisotopic (exact) mass is 349 g/mol. The largest absolute Gasteiger partial charge is 0.397 e. The Kier molecular flexibility index (Phi) is 4.04. The number of fused-ring (bicyclic) bond motifs is 3. The minimum absolute atomic E-state index is 0.165. The average Bonchev–Trinajstić information content (AvgIpc) is 3.04. The summed E-state index contributed by atoms with van der Waals surface area (Å²) in [6.45, 7) is 2.90. The summed E-state index contributed by atoms with van der Waals surface area (Å²) in [5.74, 6) is 0.798. The van der Waals surface area contributed by atoms with E-state index in [-0.39, 0.29) is 11.8 Å². The number of H-pyrrole nitrogens is 1. The molecule has 0 fully saturated rings. The van der Waals surface area contributed by atoms with Crippen LogP contribution >= 0.6 is 0 Å². The van der Waals surface area contributed by atoms with E-state index < -0.39 is 0 Å². The fourth-order valence-electron chi connectivity index (χ4n) is 3.30. The molecule has 0 saturated heterocycles. The molecule has 2 aromatic heterocycles. The number of carbonyl (C=O) groups excluding carboxylic acids is 1. The summed E-state index contributed by atoms with van der Waals surface area (Å²) < 4.78 is 0. The quantitative estimate of drug-likeness (QED) is 0.634. The second kappa shape index (κ2) is 6.51. The molecule has 0 aliphatic carbocycles. The Morgan fingerprint density at radius 3 is 3.04 bits per heavy atom. The van der Waals surface area contributed by atoms with Crippen molar-refractivity contribution in [2.45, 2.75) is 12.8 Å². The number of nitrogens with zero attached hydrogens (tertiary/aromatic N) is 2. The van der Waals surface area contributed by atoms with Crippen LogP contribution in [0, 0.1) is 0 Å². The molecular weight excluding hydrogens is 330 g/mol. The highest BCUT2D eigenvalue weighted by Crippen LogP contribution is 2.32. The second-order valence-electron chi connectivity index (χ2n) is 6.27. The first-order valence-corrected chi connectivity index (χ1v) is 8.39. The zero-order valence-corrected chi connectivity index (χ0v) is 14.5. The van der Waals surface area contributed by atoms with Gasteiger partial charge in [-0.05, 0) is 35.9 Å². The molecule has 26 heavy (non-hydrogen) atoms. The standard InChI is InChI=1S/C19H19N5O2/c1-11-9-21-18(24-26-2)17-16(11)14-8-12(5-6-15(14)23-17)19(25)22-13-4-3-7-20-10-13/h3-8,10-11,23H,9H2,1-2H3,(H,21,24)(H,22,25). The number of nitrogens with one attached hydrogen (secondary N) is 3. The van der Waals surface area contributed by atoms with Crippen molar-refractivity contribution in [1.29, 1.82) is 0 Å². The molecule has 0 saturated carbocycles. The Morgan fingerprint density at radius 1 is 1.38 bits per heavy atom. The summed E-state index contributed by atoms with van der Waals surface area (Å²) in [6, 6.07) is 9.24. The highest BCUT2D eigenvalue weighted by atomic mass is 16.6. The number of hydrogen-bond acceptors (Lipinski definition) is 4. The molecule has 0 bridgehead atoms. The van der Waals surface area contributed by atoms with Gasteiger partial charge in [-0.2, -0.15) is 0 Å². The topological polar surface area (TPSA) is 91.4 Å². The third kappa shape index (κ3) is 2.77. The second-order valence-corrected chi connectivity index (χ2v) is 6.27. The molecule has 4 rings (SSSR count). The Labute approximate surface area is 150 Å². The zero-order valence-electron chi connectivity index (χ0n) is 14.5.